The number of phenols is 1. The normalized spacial score (nSPS) is 20.1. The van der Waals surface area contributed by atoms with Crippen LogP contribution in [0.15, 0.2) is 18.2 Å². The van der Waals surface area contributed by atoms with E-state index in [1.165, 1.54) is 0 Å². The van der Waals surface area contributed by atoms with E-state index in [2.05, 4.69) is 23.6 Å². The average Bonchev–Trinajstić information content (AvgIpc) is 2.52. The second-order valence-corrected chi connectivity index (χ2v) is 6.76. The van der Waals surface area contributed by atoms with E-state index in [9.17, 15) is 10.2 Å². The number of benzene rings is 1. The number of para-hydroxylation sites is 1. The van der Waals surface area contributed by atoms with Crippen LogP contribution in [-0.4, -0.2) is 66.0 Å². The summed E-state index contributed by atoms with van der Waals surface area (Å²) in [6, 6.07) is 6.01. The summed E-state index contributed by atoms with van der Waals surface area (Å²) in [5.74, 6) is 1.39. The first-order valence-electron chi connectivity index (χ1n) is 8.47. The van der Waals surface area contributed by atoms with Crippen molar-refractivity contribution in [3.8, 4) is 11.5 Å². The predicted octanol–water partition coefficient (Wildman–Crippen LogP) is 1.93. The summed E-state index contributed by atoms with van der Waals surface area (Å²) >= 11 is 0. The monoisotopic (exact) mass is 322 g/mol. The van der Waals surface area contributed by atoms with Gasteiger partial charge in [-0.3, -0.25) is 9.80 Å². The Kier molecular flexibility index (Phi) is 6.69. The summed E-state index contributed by atoms with van der Waals surface area (Å²) in [5, 5.41) is 19.6. The van der Waals surface area contributed by atoms with Gasteiger partial charge in [0.2, 0.25) is 0 Å². The molecule has 5 heteroatoms. The third-order valence-corrected chi connectivity index (χ3v) is 4.45. The Hall–Kier alpha value is -1.30. The van der Waals surface area contributed by atoms with Crippen molar-refractivity contribution in [2.75, 3.05) is 39.9 Å². The molecule has 0 saturated carbocycles. The standard InChI is InChI=1S/C18H30N2O3/c1-14(2)11-20-9-8-19(13-16(20)7-10-21)12-15-5-4-6-17(23-3)18(15)22/h4-6,14,16,21-22H,7-13H2,1-3H3/t16-/m0/s1. The molecular weight excluding hydrogens is 292 g/mol. The lowest BCUT2D eigenvalue weighted by Crippen LogP contribution is -2.53. The molecule has 1 atom stereocenters. The van der Waals surface area contributed by atoms with Crippen LogP contribution in [0.2, 0.25) is 0 Å². The van der Waals surface area contributed by atoms with Gasteiger partial charge in [0.15, 0.2) is 11.5 Å². The molecular formula is C18H30N2O3. The summed E-state index contributed by atoms with van der Waals surface area (Å²) < 4.78 is 5.19. The van der Waals surface area contributed by atoms with Crippen molar-refractivity contribution in [1.29, 1.82) is 0 Å². The molecule has 0 spiro atoms. The predicted molar refractivity (Wildman–Crippen MR) is 91.8 cm³/mol. The number of hydrogen-bond acceptors (Lipinski definition) is 5. The van der Waals surface area contributed by atoms with Crippen LogP contribution in [-0.2, 0) is 6.54 Å². The van der Waals surface area contributed by atoms with Crippen LogP contribution in [0.3, 0.4) is 0 Å². The molecule has 2 N–H and O–H groups in total. The number of aliphatic hydroxyl groups excluding tert-OH is 1. The fourth-order valence-electron chi connectivity index (χ4n) is 3.33. The molecule has 2 rings (SSSR count). The highest BCUT2D eigenvalue weighted by Gasteiger charge is 2.27. The summed E-state index contributed by atoms with van der Waals surface area (Å²) in [4.78, 5) is 4.84. The second-order valence-electron chi connectivity index (χ2n) is 6.76. The number of hydrogen-bond donors (Lipinski definition) is 2. The summed E-state index contributed by atoms with van der Waals surface area (Å²) in [7, 11) is 1.57. The van der Waals surface area contributed by atoms with Crippen LogP contribution in [0, 0.1) is 5.92 Å². The summed E-state index contributed by atoms with van der Waals surface area (Å²) in [6.07, 6.45) is 0.799. The maximum absolute atomic E-state index is 10.3. The third kappa shape index (κ3) is 4.83. The first-order chi connectivity index (χ1) is 11.0. The van der Waals surface area contributed by atoms with Gasteiger partial charge in [-0.25, -0.2) is 0 Å². The Morgan fingerprint density at radius 1 is 1.30 bits per heavy atom. The van der Waals surface area contributed by atoms with Gasteiger partial charge in [0.1, 0.15) is 0 Å². The van der Waals surface area contributed by atoms with E-state index in [1.54, 1.807) is 13.2 Å². The summed E-state index contributed by atoms with van der Waals surface area (Å²) in [5.41, 5.74) is 0.893. The van der Waals surface area contributed by atoms with Gasteiger partial charge in [0.05, 0.1) is 7.11 Å². The fourth-order valence-corrected chi connectivity index (χ4v) is 3.33. The Balaban J connectivity index is 2.02. The maximum atomic E-state index is 10.3. The Labute approximate surface area is 139 Å². The van der Waals surface area contributed by atoms with Crippen molar-refractivity contribution < 1.29 is 14.9 Å². The molecule has 1 saturated heterocycles. The van der Waals surface area contributed by atoms with Crippen LogP contribution >= 0.6 is 0 Å². The SMILES string of the molecule is COc1cccc(CN2CCN(CC(C)C)[C@@H](CCO)C2)c1O. The topological polar surface area (TPSA) is 56.2 Å². The molecule has 0 aliphatic carbocycles. The van der Waals surface area contributed by atoms with Gasteiger partial charge in [-0.15, -0.1) is 0 Å². The molecule has 0 amide bonds. The van der Waals surface area contributed by atoms with Crippen molar-refractivity contribution >= 4 is 0 Å². The highest BCUT2D eigenvalue weighted by Crippen LogP contribution is 2.30. The van der Waals surface area contributed by atoms with E-state index in [1.807, 2.05) is 12.1 Å². The van der Waals surface area contributed by atoms with Crippen LogP contribution in [0.5, 0.6) is 11.5 Å². The first kappa shape index (κ1) is 18.0. The molecule has 1 aromatic carbocycles. The lowest BCUT2D eigenvalue weighted by atomic mass is 10.0. The zero-order chi connectivity index (χ0) is 16.8. The zero-order valence-electron chi connectivity index (χ0n) is 14.5. The number of piperazine rings is 1. The van der Waals surface area contributed by atoms with Crippen molar-refractivity contribution in [1.82, 2.24) is 9.80 Å². The number of nitrogens with zero attached hydrogens (tertiary/aromatic N) is 2. The zero-order valence-corrected chi connectivity index (χ0v) is 14.5. The van der Waals surface area contributed by atoms with Crippen molar-refractivity contribution in [2.24, 2.45) is 5.92 Å². The van der Waals surface area contributed by atoms with Gasteiger partial charge >= 0.3 is 0 Å². The number of rotatable bonds is 7. The number of aromatic hydroxyl groups is 1. The van der Waals surface area contributed by atoms with Gasteiger partial charge in [-0.05, 0) is 18.4 Å². The third-order valence-electron chi connectivity index (χ3n) is 4.45. The van der Waals surface area contributed by atoms with Gasteiger partial charge in [-0.2, -0.15) is 0 Å². The minimum absolute atomic E-state index is 0.220. The Morgan fingerprint density at radius 2 is 2.09 bits per heavy atom. The minimum Gasteiger partial charge on any atom is -0.504 e. The number of phenolic OH excluding ortho intramolecular Hbond substituents is 1. The lowest BCUT2D eigenvalue weighted by molar-refractivity contribution is 0.0473. The van der Waals surface area contributed by atoms with Crippen LogP contribution in [0.1, 0.15) is 25.8 Å². The number of methoxy groups -OCH3 is 1. The van der Waals surface area contributed by atoms with E-state index in [4.69, 9.17) is 4.74 Å². The van der Waals surface area contributed by atoms with E-state index in [0.29, 0.717) is 24.3 Å². The van der Waals surface area contributed by atoms with E-state index >= 15 is 0 Å². The van der Waals surface area contributed by atoms with Crippen molar-refractivity contribution in [3.05, 3.63) is 23.8 Å². The Bertz CT molecular complexity index is 493. The van der Waals surface area contributed by atoms with E-state index in [0.717, 1.165) is 38.2 Å². The molecule has 0 unspecified atom stereocenters. The van der Waals surface area contributed by atoms with Gasteiger partial charge in [0.25, 0.3) is 0 Å². The molecule has 0 aromatic heterocycles. The van der Waals surface area contributed by atoms with E-state index < -0.39 is 0 Å². The van der Waals surface area contributed by atoms with Crippen molar-refractivity contribution in [2.45, 2.75) is 32.9 Å². The lowest BCUT2D eigenvalue weighted by Gasteiger charge is -2.42. The molecule has 5 nitrogen and oxygen atoms in total. The largest absolute Gasteiger partial charge is 0.504 e. The van der Waals surface area contributed by atoms with Crippen LogP contribution in [0.25, 0.3) is 0 Å². The molecule has 0 radical (unpaired) electrons. The molecule has 1 aliphatic rings. The molecule has 0 bridgehead atoms. The first-order valence-corrected chi connectivity index (χ1v) is 8.47. The average molecular weight is 322 g/mol. The van der Waals surface area contributed by atoms with E-state index in [-0.39, 0.29) is 12.4 Å². The molecule has 1 aliphatic heterocycles. The fraction of sp³-hybridized carbons (Fsp3) is 0.667. The maximum Gasteiger partial charge on any atom is 0.162 e. The van der Waals surface area contributed by atoms with Gasteiger partial charge in [0, 0.05) is 50.9 Å². The molecule has 1 fully saturated rings. The molecule has 130 valence electrons. The van der Waals surface area contributed by atoms with Crippen LogP contribution in [0.4, 0.5) is 0 Å². The second kappa shape index (κ2) is 8.52. The van der Waals surface area contributed by atoms with Crippen LogP contribution < -0.4 is 4.74 Å². The summed E-state index contributed by atoms with van der Waals surface area (Å²) in [6.45, 7) is 9.37. The number of aliphatic hydroxyl groups is 1. The van der Waals surface area contributed by atoms with Gasteiger partial charge < -0.3 is 14.9 Å². The Morgan fingerprint density at radius 3 is 2.74 bits per heavy atom. The molecule has 23 heavy (non-hydrogen) atoms. The van der Waals surface area contributed by atoms with Crippen molar-refractivity contribution in [3.63, 3.8) is 0 Å². The highest BCUT2D eigenvalue weighted by atomic mass is 16.5. The molecule has 1 aromatic rings. The van der Waals surface area contributed by atoms with Gasteiger partial charge in [-0.1, -0.05) is 26.0 Å². The highest BCUT2D eigenvalue weighted by molar-refractivity contribution is 5.45. The molecule has 1 heterocycles. The smallest absolute Gasteiger partial charge is 0.162 e. The quantitative estimate of drug-likeness (QED) is 0.803. The minimum atomic E-state index is 0.220. The number of ether oxygens (including phenoxy) is 1.